The van der Waals surface area contributed by atoms with E-state index in [9.17, 15) is 0 Å². The fraction of sp³-hybridized carbons (Fsp3) is 0.111. The Bertz CT molecular complexity index is 638. The first kappa shape index (κ1) is 10.4. The van der Waals surface area contributed by atoms with Crippen molar-refractivity contribution in [3.05, 3.63) is 17.5 Å². The lowest BCUT2D eigenvalue weighted by Gasteiger charge is -1.93. The number of tetrazole rings is 1. The highest BCUT2D eigenvalue weighted by Gasteiger charge is 2.18. The topological polar surface area (TPSA) is 82.5 Å². The zero-order chi connectivity index (χ0) is 11.8. The molecule has 86 valence electrons. The molecule has 0 saturated heterocycles. The fourth-order valence-corrected chi connectivity index (χ4v) is 3.00. The molecule has 0 unspecified atom stereocenters. The van der Waals surface area contributed by atoms with E-state index in [-0.39, 0.29) is 0 Å². The number of nitrogens with two attached hydrogens (primary N) is 1. The molecule has 3 rings (SSSR count). The molecule has 0 radical (unpaired) electrons. The number of nitrogens with zero attached hydrogens (tertiary/aromatic N) is 5. The van der Waals surface area contributed by atoms with Gasteiger partial charge in [-0.05, 0) is 16.7 Å². The van der Waals surface area contributed by atoms with Crippen molar-refractivity contribution < 1.29 is 0 Å². The maximum atomic E-state index is 5.76. The third-order valence-corrected chi connectivity index (χ3v) is 3.87. The Labute approximate surface area is 105 Å². The zero-order valence-corrected chi connectivity index (χ0v) is 10.5. The van der Waals surface area contributed by atoms with E-state index < -0.39 is 0 Å². The third kappa shape index (κ3) is 1.81. The minimum absolute atomic E-state index is 0.510. The van der Waals surface area contributed by atoms with E-state index >= 15 is 0 Å². The second kappa shape index (κ2) is 3.90. The molecule has 0 atom stereocenters. The number of rotatable bonds is 2. The van der Waals surface area contributed by atoms with Crippen LogP contribution in [0.2, 0.25) is 0 Å². The van der Waals surface area contributed by atoms with Crippen molar-refractivity contribution in [2.75, 3.05) is 5.73 Å². The fourth-order valence-electron chi connectivity index (χ4n) is 1.44. The van der Waals surface area contributed by atoms with Gasteiger partial charge >= 0.3 is 0 Å². The minimum atomic E-state index is 0.510. The van der Waals surface area contributed by atoms with Crippen LogP contribution in [0.4, 0.5) is 5.13 Å². The Balaban J connectivity index is 2.17. The van der Waals surface area contributed by atoms with Gasteiger partial charge in [0, 0.05) is 0 Å². The van der Waals surface area contributed by atoms with E-state index in [4.69, 9.17) is 5.73 Å². The molecule has 0 aliphatic carbocycles. The van der Waals surface area contributed by atoms with Gasteiger partial charge in [-0.2, -0.15) is 4.80 Å². The molecule has 0 aliphatic heterocycles. The number of anilines is 1. The predicted molar refractivity (Wildman–Crippen MR) is 67.6 cm³/mol. The van der Waals surface area contributed by atoms with Crippen molar-refractivity contribution in [3.63, 3.8) is 0 Å². The van der Waals surface area contributed by atoms with Crippen LogP contribution in [0.25, 0.3) is 21.3 Å². The van der Waals surface area contributed by atoms with E-state index in [2.05, 4.69) is 20.4 Å². The Kier molecular flexibility index (Phi) is 2.37. The molecule has 0 saturated carbocycles. The number of nitrogen functional groups attached to an aromatic ring is 1. The lowest BCUT2D eigenvalue weighted by Crippen LogP contribution is -1.91. The van der Waals surface area contributed by atoms with Crippen LogP contribution < -0.4 is 5.73 Å². The monoisotopic (exact) mass is 264 g/mol. The number of thiophene rings is 1. The highest BCUT2D eigenvalue weighted by Crippen LogP contribution is 2.37. The van der Waals surface area contributed by atoms with Gasteiger partial charge in [0.2, 0.25) is 5.82 Å². The highest BCUT2D eigenvalue weighted by atomic mass is 32.1. The molecule has 0 aliphatic rings. The lowest BCUT2D eigenvalue weighted by atomic mass is 10.3. The Hall–Kier alpha value is -1.80. The molecule has 8 heteroatoms. The Morgan fingerprint density at radius 3 is 2.94 bits per heavy atom. The number of aromatic nitrogens is 5. The van der Waals surface area contributed by atoms with E-state index in [1.807, 2.05) is 17.5 Å². The van der Waals surface area contributed by atoms with E-state index in [1.165, 1.54) is 16.1 Å². The predicted octanol–water partition coefficient (Wildman–Crippen LogP) is 1.64. The molecule has 3 aromatic rings. The first-order valence-corrected chi connectivity index (χ1v) is 6.48. The van der Waals surface area contributed by atoms with E-state index in [0.717, 1.165) is 15.4 Å². The molecule has 0 aromatic carbocycles. The summed E-state index contributed by atoms with van der Waals surface area (Å²) >= 11 is 2.98. The van der Waals surface area contributed by atoms with Gasteiger partial charge in [-0.3, -0.25) is 0 Å². The van der Waals surface area contributed by atoms with Gasteiger partial charge in [0.15, 0.2) is 5.13 Å². The number of aryl methyl sites for hydroxylation is 1. The second-order valence-electron chi connectivity index (χ2n) is 3.31. The molecule has 3 aromatic heterocycles. The van der Waals surface area contributed by atoms with Crippen LogP contribution in [0, 0.1) is 0 Å². The molecule has 2 N–H and O–H groups in total. The number of thiazole rings is 1. The van der Waals surface area contributed by atoms with Gasteiger partial charge in [-0.15, -0.1) is 21.5 Å². The third-order valence-electron chi connectivity index (χ3n) is 2.11. The molecule has 0 fully saturated rings. The standard InChI is InChI=1S/C9H8N6S2/c1-15-13-8(12-14-15)7-6(11-9(10)17-7)5-3-2-4-16-5/h2-4H,1H3,(H2,10,11). The summed E-state index contributed by atoms with van der Waals surface area (Å²) in [7, 11) is 1.73. The minimum Gasteiger partial charge on any atom is -0.375 e. The van der Waals surface area contributed by atoms with Gasteiger partial charge < -0.3 is 5.73 Å². The zero-order valence-electron chi connectivity index (χ0n) is 8.86. The van der Waals surface area contributed by atoms with Crippen LogP contribution in [-0.2, 0) is 7.05 Å². The Morgan fingerprint density at radius 2 is 2.29 bits per heavy atom. The van der Waals surface area contributed by atoms with Crippen molar-refractivity contribution in [3.8, 4) is 21.3 Å². The smallest absolute Gasteiger partial charge is 0.217 e. The van der Waals surface area contributed by atoms with Gasteiger partial charge in [-0.1, -0.05) is 17.4 Å². The van der Waals surface area contributed by atoms with E-state index in [1.54, 1.807) is 18.4 Å². The second-order valence-corrected chi connectivity index (χ2v) is 5.29. The molecule has 17 heavy (non-hydrogen) atoms. The molecule has 6 nitrogen and oxygen atoms in total. The highest BCUT2D eigenvalue weighted by molar-refractivity contribution is 7.20. The summed E-state index contributed by atoms with van der Waals surface area (Å²) < 4.78 is 0. The number of hydrogen-bond acceptors (Lipinski definition) is 7. The first-order chi connectivity index (χ1) is 8.24. The molecular formula is C9H8N6S2. The summed E-state index contributed by atoms with van der Waals surface area (Å²) in [5, 5.41) is 14.5. The van der Waals surface area contributed by atoms with Crippen LogP contribution in [0.3, 0.4) is 0 Å². The van der Waals surface area contributed by atoms with Gasteiger partial charge in [0.1, 0.15) is 10.6 Å². The summed E-state index contributed by atoms with van der Waals surface area (Å²) in [5.74, 6) is 0.560. The average Bonchev–Trinajstić information content (AvgIpc) is 2.96. The molecular weight excluding hydrogens is 256 g/mol. The van der Waals surface area contributed by atoms with Crippen molar-refractivity contribution >= 4 is 27.8 Å². The molecule has 3 heterocycles. The van der Waals surface area contributed by atoms with Crippen LogP contribution in [-0.4, -0.2) is 25.2 Å². The van der Waals surface area contributed by atoms with Gasteiger partial charge in [0.25, 0.3) is 0 Å². The summed E-state index contributed by atoms with van der Waals surface area (Å²) in [6.07, 6.45) is 0. The quantitative estimate of drug-likeness (QED) is 0.761. The normalized spacial score (nSPS) is 10.9. The maximum absolute atomic E-state index is 5.76. The molecule has 0 spiro atoms. The maximum Gasteiger partial charge on any atom is 0.217 e. The average molecular weight is 264 g/mol. The van der Waals surface area contributed by atoms with Crippen LogP contribution in [0.1, 0.15) is 0 Å². The van der Waals surface area contributed by atoms with Crippen LogP contribution in [0.5, 0.6) is 0 Å². The SMILES string of the molecule is Cn1nnc(-c2sc(N)nc2-c2cccs2)n1. The Morgan fingerprint density at radius 1 is 1.41 bits per heavy atom. The first-order valence-electron chi connectivity index (χ1n) is 4.78. The van der Waals surface area contributed by atoms with Gasteiger partial charge in [-0.25, -0.2) is 4.98 Å². The molecule has 0 bridgehead atoms. The van der Waals surface area contributed by atoms with Crippen molar-refractivity contribution in [2.24, 2.45) is 7.05 Å². The van der Waals surface area contributed by atoms with Crippen molar-refractivity contribution in [1.29, 1.82) is 0 Å². The van der Waals surface area contributed by atoms with Crippen LogP contribution in [0.15, 0.2) is 17.5 Å². The van der Waals surface area contributed by atoms with E-state index in [0.29, 0.717) is 11.0 Å². The van der Waals surface area contributed by atoms with Crippen molar-refractivity contribution in [1.82, 2.24) is 25.2 Å². The van der Waals surface area contributed by atoms with Crippen molar-refractivity contribution in [2.45, 2.75) is 0 Å². The summed E-state index contributed by atoms with van der Waals surface area (Å²) in [6.45, 7) is 0. The van der Waals surface area contributed by atoms with Crippen LogP contribution >= 0.6 is 22.7 Å². The largest absolute Gasteiger partial charge is 0.375 e. The summed E-state index contributed by atoms with van der Waals surface area (Å²) in [4.78, 5) is 7.66. The van der Waals surface area contributed by atoms with Gasteiger partial charge in [0.05, 0.1) is 11.9 Å². The summed E-state index contributed by atoms with van der Waals surface area (Å²) in [5.41, 5.74) is 6.59. The molecule has 0 amide bonds. The summed E-state index contributed by atoms with van der Waals surface area (Å²) in [6, 6.07) is 3.97. The lowest BCUT2D eigenvalue weighted by molar-refractivity contribution is 0.630. The number of hydrogen-bond donors (Lipinski definition) is 1.